The van der Waals surface area contributed by atoms with Crippen LogP contribution < -0.4 is 5.32 Å². The van der Waals surface area contributed by atoms with Gasteiger partial charge in [-0.25, -0.2) is 0 Å². The highest BCUT2D eigenvalue weighted by Crippen LogP contribution is 2.44. The molecule has 1 aliphatic rings. The Morgan fingerprint density at radius 1 is 0.938 bits per heavy atom. The average Bonchev–Trinajstić information content (AvgIpc) is 3.24. The lowest BCUT2D eigenvalue weighted by atomic mass is 9.95. The highest BCUT2D eigenvalue weighted by atomic mass is 16.2. The van der Waals surface area contributed by atoms with E-state index < -0.39 is 6.04 Å². The molecular formula is C27H25N3O2. The van der Waals surface area contributed by atoms with Crippen molar-refractivity contribution in [3.63, 3.8) is 0 Å². The Hall–Kier alpha value is -3.86. The van der Waals surface area contributed by atoms with Gasteiger partial charge < -0.3 is 14.8 Å². The third-order valence-corrected chi connectivity index (χ3v) is 6.56. The summed E-state index contributed by atoms with van der Waals surface area (Å²) in [6.07, 6.45) is 0. The fraction of sp³-hybridized carbons (Fsp3) is 0.185. The minimum Gasteiger partial charge on any atom is -0.348 e. The summed E-state index contributed by atoms with van der Waals surface area (Å²) in [5.74, 6) is -0.325. The van der Waals surface area contributed by atoms with Crippen molar-refractivity contribution >= 4 is 28.4 Å². The summed E-state index contributed by atoms with van der Waals surface area (Å²) in [4.78, 5) is 28.5. The van der Waals surface area contributed by atoms with E-state index in [0.717, 1.165) is 27.7 Å². The van der Waals surface area contributed by atoms with Crippen molar-refractivity contribution in [1.29, 1.82) is 0 Å². The summed E-state index contributed by atoms with van der Waals surface area (Å²) in [7, 11) is 2.04. The molecule has 3 aromatic carbocycles. The fourth-order valence-corrected chi connectivity index (χ4v) is 4.82. The maximum absolute atomic E-state index is 13.6. The van der Waals surface area contributed by atoms with Gasteiger partial charge in [0.2, 0.25) is 5.91 Å². The van der Waals surface area contributed by atoms with E-state index in [4.69, 9.17) is 0 Å². The molecular weight excluding hydrogens is 398 g/mol. The van der Waals surface area contributed by atoms with Gasteiger partial charge in [0.25, 0.3) is 5.91 Å². The topological polar surface area (TPSA) is 54.3 Å². The quantitative estimate of drug-likeness (QED) is 0.499. The number of nitrogens with one attached hydrogen (secondary N) is 1. The molecule has 0 radical (unpaired) electrons. The number of rotatable bonds is 4. The van der Waals surface area contributed by atoms with E-state index in [2.05, 4.69) is 28.9 Å². The highest BCUT2D eigenvalue weighted by molar-refractivity contribution is 6.05. The Balaban J connectivity index is 1.63. The van der Waals surface area contributed by atoms with Gasteiger partial charge in [-0.1, -0.05) is 54.6 Å². The standard InChI is InChI=1S/C27H25N3O2/c1-17-24(22-15-9-10-16-23(22)29(17)3)25-20-13-7-8-14-21(20)27(32)30(25)18(2)26(31)28-19-11-5-4-6-12-19/h4-16,18,25H,1-3H3,(H,28,31). The maximum atomic E-state index is 13.6. The van der Waals surface area contributed by atoms with Gasteiger partial charge in [0, 0.05) is 40.5 Å². The van der Waals surface area contributed by atoms with Crippen LogP contribution in [0.1, 0.15) is 40.1 Å². The van der Waals surface area contributed by atoms with Crippen molar-refractivity contribution in [2.24, 2.45) is 7.05 Å². The highest BCUT2D eigenvalue weighted by Gasteiger charge is 2.43. The van der Waals surface area contributed by atoms with Crippen LogP contribution in [0.5, 0.6) is 0 Å². The van der Waals surface area contributed by atoms with E-state index in [1.807, 2.05) is 73.8 Å². The molecule has 1 aliphatic heterocycles. The first-order valence-electron chi connectivity index (χ1n) is 10.8. The lowest BCUT2D eigenvalue weighted by molar-refractivity contribution is -0.120. The maximum Gasteiger partial charge on any atom is 0.255 e. The SMILES string of the molecule is Cc1c(C2c3ccccc3C(=O)N2C(C)C(=O)Nc2ccccc2)c2ccccc2n1C. The van der Waals surface area contributed by atoms with Crippen LogP contribution in [0, 0.1) is 6.92 Å². The van der Waals surface area contributed by atoms with Gasteiger partial charge in [-0.3, -0.25) is 9.59 Å². The molecule has 2 unspecified atom stereocenters. The number of para-hydroxylation sites is 2. The van der Waals surface area contributed by atoms with Crippen LogP contribution in [0.25, 0.3) is 10.9 Å². The minimum atomic E-state index is -0.654. The van der Waals surface area contributed by atoms with Gasteiger partial charge in [-0.2, -0.15) is 0 Å². The first kappa shape index (κ1) is 20.1. The number of nitrogens with zero attached hydrogens (tertiary/aromatic N) is 2. The molecule has 4 aromatic rings. The smallest absolute Gasteiger partial charge is 0.255 e. The Labute approximate surface area is 187 Å². The molecule has 0 saturated carbocycles. The van der Waals surface area contributed by atoms with Gasteiger partial charge in [0.15, 0.2) is 0 Å². The molecule has 0 fully saturated rings. The molecule has 1 N–H and O–H groups in total. The molecule has 2 heterocycles. The molecule has 0 aliphatic carbocycles. The van der Waals surface area contributed by atoms with Crippen LogP contribution in [0.2, 0.25) is 0 Å². The Bertz CT molecular complexity index is 1340. The predicted molar refractivity (Wildman–Crippen MR) is 127 cm³/mol. The number of fused-ring (bicyclic) bond motifs is 2. The van der Waals surface area contributed by atoms with Gasteiger partial charge in [-0.05, 0) is 43.7 Å². The van der Waals surface area contributed by atoms with Crippen molar-refractivity contribution in [1.82, 2.24) is 9.47 Å². The third kappa shape index (κ3) is 3.01. The normalized spacial score (nSPS) is 16.3. The van der Waals surface area contributed by atoms with E-state index in [-0.39, 0.29) is 17.9 Å². The van der Waals surface area contributed by atoms with E-state index >= 15 is 0 Å². The summed E-state index contributed by atoms with van der Waals surface area (Å²) in [6, 6.07) is 24.3. The minimum absolute atomic E-state index is 0.117. The molecule has 2 atom stereocenters. The third-order valence-electron chi connectivity index (χ3n) is 6.56. The molecule has 2 amide bonds. The summed E-state index contributed by atoms with van der Waals surface area (Å²) >= 11 is 0. The molecule has 5 rings (SSSR count). The van der Waals surface area contributed by atoms with Crippen molar-refractivity contribution < 1.29 is 9.59 Å². The van der Waals surface area contributed by atoms with Crippen LogP contribution in [-0.2, 0) is 11.8 Å². The van der Waals surface area contributed by atoms with E-state index in [1.54, 1.807) is 11.8 Å². The molecule has 32 heavy (non-hydrogen) atoms. The number of hydrogen-bond acceptors (Lipinski definition) is 2. The Morgan fingerprint density at radius 2 is 1.59 bits per heavy atom. The molecule has 5 heteroatoms. The summed E-state index contributed by atoms with van der Waals surface area (Å²) < 4.78 is 2.16. The fourth-order valence-electron chi connectivity index (χ4n) is 4.82. The molecule has 160 valence electrons. The molecule has 1 aromatic heterocycles. The Kier molecular flexibility index (Phi) is 4.82. The average molecular weight is 424 g/mol. The second-order valence-corrected chi connectivity index (χ2v) is 8.31. The van der Waals surface area contributed by atoms with Crippen LogP contribution in [0.15, 0.2) is 78.9 Å². The van der Waals surface area contributed by atoms with Gasteiger partial charge in [-0.15, -0.1) is 0 Å². The number of amides is 2. The van der Waals surface area contributed by atoms with Crippen LogP contribution >= 0.6 is 0 Å². The van der Waals surface area contributed by atoms with E-state index in [1.165, 1.54) is 0 Å². The molecule has 0 spiro atoms. The predicted octanol–water partition coefficient (Wildman–Crippen LogP) is 5.06. The number of carbonyl (C=O) groups is 2. The van der Waals surface area contributed by atoms with Crippen molar-refractivity contribution in [2.45, 2.75) is 25.9 Å². The van der Waals surface area contributed by atoms with Crippen molar-refractivity contribution in [3.8, 4) is 0 Å². The number of anilines is 1. The second kappa shape index (κ2) is 7.68. The molecule has 0 saturated heterocycles. The molecule has 5 nitrogen and oxygen atoms in total. The van der Waals surface area contributed by atoms with E-state index in [9.17, 15) is 9.59 Å². The summed E-state index contributed by atoms with van der Waals surface area (Å²) in [5, 5.41) is 4.06. The summed E-state index contributed by atoms with van der Waals surface area (Å²) in [6.45, 7) is 3.88. The number of aryl methyl sites for hydroxylation is 1. The number of benzene rings is 3. The first-order chi connectivity index (χ1) is 15.5. The first-order valence-corrected chi connectivity index (χ1v) is 10.8. The van der Waals surface area contributed by atoms with Crippen molar-refractivity contribution in [3.05, 3.63) is 101 Å². The van der Waals surface area contributed by atoms with Crippen molar-refractivity contribution in [2.75, 3.05) is 5.32 Å². The monoisotopic (exact) mass is 423 g/mol. The summed E-state index contributed by atoms with van der Waals surface area (Å²) in [5.41, 5.74) is 5.58. The Morgan fingerprint density at radius 3 is 2.38 bits per heavy atom. The molecule has 0 bridgehead atoms. The van der Waals surface area contributed by atoms with Gasteiger partial charge in [0.05, 0.1) is 6.04 Å². The van der Waals surface area contributed by atoms with Gasteiger partial charge in [0.1, 0.15) is 6.04 Å². The lowest BCUT2D eigenvalue weighted by Crippen LogP contribution is -2.44. The van der Waals surface area contributed by atoms with Crippen LogP contribution in [0.3, 0.4) is 0 Å². The lowest BCUT2D eigenvalue weighted by Gasteiger charge is -2.31. The zero-order chi connectivity index (χ0) is 22.4. The largest absolute Gasteiger partial charge is 0.348 e. The zero-order valence-electron chi connectivity index (χ0n) is 18.4. The van der Waals surface area contributed by atoms with E-state index in [0.29, 0.717) is 11.3 Å². The number of aromatic nitrogens is 1. The van der Waals surface area contributed by atoms with Gasteiger partial charge >= 0.3 is 0 Å². The number of hydrogen-bond donors (Lipinski definition) is 1. The second-order valence-electron chi connectivity index (χ2n) is 8.31. The van der Waals surface area contributed by atoms with Crippen LogP contribution in [-0.4, -0.2) is 27.3 Å². The van der Waals surface area contributed by atoms with Crippen LogP contribution in [0.4, 0.5) is 5.69 Å². The number of carbonyl (C=O) groups excluding carboxylic acids is 2. The zero-order valence-corrected chi connectivity index (χ0v) is 18.4.